The largest absolute Gasteiger partial charge is 0.320 e. The van der Waals surface area contributed by atoms with Gasteiger partial charge in [0.2, 0.25) is 5.91 Å². The molecule has 0 fully saturated rings. The highest BCUT2D eigenvalue weighted by Crippen LogP contribution is 2.30. The number of carbonyl (C=O) groups excluding carboxylic acids is 1. The molecule has 10 heteroatoms. The van der Waals surface area contributed by atoms with Crippen LogP contribution >= 0.6 is 23.2 Å². The van der Waals surface area contributed by atoms with E-state index < -0.39 is 39.8 Å². The Bertz CT molecular complexity index is 1220. The Balaban J connectivity index is 2.00. The zero-order valence-corrected chi connectivity index (χ0v) is 18.4. The first-order valence-corrected chi connectivity index (χ1v) is 11.1. The molecule has 1 N–H and O–H groups in total. The predicted octanol–water partition coefficient (Wildman–Crippen LogP) is 5.41. The first-order valence-electron chi connectivity index (χ1n) is 8.88. The maximum absolute atomic E-state index is 13.9. The van der Waals surface area contributed by atoms with Gasteiger partial charge in [-0.1, -0.05) is 47.0 Å². The molecule has 162 valence electrons. The van der Waals surface area contributed by atoms with E-state index in [-0.39, 0.29) is 20.6 Å². The van der Waals surface area contributed by atoms with Crippen molar-refractivity contribution in [2.24, 2.45) is 0 Å². The van der Waals surface area contributed by atoms with E-state index in [0.29, 0.717) is 0 Å². The zero-order valence-electron chi connectivity index (χ0n) is 16.1. The third-order valence-corrected chi connectivity index (χ3v) is 6.84. The molecule has 3 rings (SSSR count). The van der Waals surface area contributed by atoms with E-state index in [1.807, 2.05) is 0 Å². The van der Waals surface area contributed by atoms with E-state index in [2.05, 4.69) is 5.32 Å². The van der Waals surface area contributed by atoms with Crippen LogP contribution in [0.15, 0.2) is 65.6 Å². The van der Waals surface area contributed by atoms with Crippen LogP contribution in [0.3, 0.4) is 0 Å². The Morgan fingerprint density at radius 2 is 1.58 bits per heavy atom. The van der Waals surface area contributed by atoms with Gasteiger partial charge in [0.05, 0.1) is 20.6 Å². The van der Waals surface area contributed by atoms with Crippen LogP contribution in [-0.4, -0.2) is 20.9 Å². The lowest BCUT2D eigenvalue weighted by Crippen LogP contribution is -2.38. The lowest BCUT2D eigenvalue weighted by atomic mass is 10.2. The minimum absolute atomic E-state index is 0.0548. The molecule has 0 saturated heterocycles. The molecule has 0 aromatic heterocycles. The van der Waals surface area contributed by atoms with Crippen molar-refractivity contribution in [3.8, 4) is 0 Å². The number of sulfonamides is 1. The van der Waals surface area contributed by atoms with Crippen molar-refractivity contribution in [3.05, 3.63) is 87.9 Å². The lowest BCUT2D eigenvalue weighted by molar-refractivity contribution is -0.114. The summed E-state index contributed by atoms with van der Waals surface area (Å²) in [5, 5.41) is 2.35. The average Bonchev–Trinajstić information content (AvgIpc) is 2.71. The Kier molecular flexibility index (Phi) is 6.83. The van der Waals surface area contributed by atoms with Gasteiger partial charge in [0.25, 0.3) is 10.0 Å². The van der Waals surface area contributed by atoms with Gasteiger partial charge in [-0.15, -0.1) is 0 Å². The van der Waals surface area contributed by atoms with Crippen LogP contribution < -0.4 is 9.62 Å². The first kappa shape index (κ1) is 23.0. The van der Waals surface area contributed by atoms with Crippen molar-refractivity contribution >= 4 is 50.5 Å². The van der Waals surface area contributed by atoms with Crippen molar-refractivity contribution in [1.82, 2.24) is 0 Å². The Hall–Kier alpha value is -2.68. The van der Waals surface area contributed by atoms with Crippen LogP contribution in [-0.2, 0) is 14.8 Å². The second-order valence-electron chi connectivity index (χ2n) is 6.57. The number of halogens is 4. The van der Waals surface area contributed by atoms with E-state index in [4.69, 9.17) is 23.2 Å². The summed E-state index contributed by atoms with van der Waals surface area (Å²) in [4.78, 5) is 12.5. The molecule has 0 aliphatic carbocycles. The third kappa shape index (κ3) is 5.15. The highest BCUT2D eigenvalue weighted by Gasteiger charge is 2.28. The summed E-state index contributed by atoms with van der Waals surface area (Å²) >= 11 is 11.9. The number of hydrogen-bond donors (Lipinski definition) is 1. The van der Waals surface area contributed by atoms with E-state index >= 15 is 0 Å². The number of carbonyl (C=O) groups is 1. The number of benzene rings is 3. The van der Waals surface area contributed by atoms with Crippen LogP contribution in [0.5, 0.6) is 0 Å². The molecule has 3 aromatic carbocycles. The molecule has 0 saturated carbocycles. The minimum atomic E-state index is -4.22. The predicted molar refractivity (Wildman–Crippen MR) is 117 cm³/mol. The van der Waals surface area contributed by atoms with Crippen molar-refractivity contribution in [3.63, 3.8) is 0 Å². The summed E-state index contributed by atoms with van der Waals surface area (Å²) in [5.41, 5.74) is 0.223. The Labute approximate surface area is 188 Å². The van der Waals surface area contributed by atoms with Gasteiger partial charge in [0.1, 0.15) is 23.9 Å². The van der Waals surface area contributed by atoms with Gasteiger partial charge >= 0.3 is 0 Å². The van der Waals surface area contributed by atoms with Crippen LogP contribution in [0.25, 0.3) is 0 Å². The molecule has 0 unspecified atom stereocenters. The number of hydrogen-bond acceptors (Lipinski definition) is 3. The van der Waals surface area contributed by atoms with Crippen molar-refractivity contribution < 1.29 is 22.0 Å². The number of anilines is 2. The second kappa shape index (κ2) is 9.21. The molecule has 0 radical (unpaired) electrons. The average molecular weight is 485 g/mol. The van der Waals surface area contributed by atoms with Gasteiger partial charge < -0.3 is 5.32 Å². The fourth-order valence-corrected chi connectivity index (χ4v) is 4.42. The van der Waals surface area contributed by atoms with Gasteiger partial charge in [-0.2, -0.15) is 0 Å². The topological polar surface area (TPSA) is 66.5 Å². The van der Waals surface area contributed by atoms with Gasteiger partial charge in [-0.3, -0.25) is 9.10 Å². The van der Waals surface area contributed by atoms with E-state index in [1.165, 1.54) is 30.3 Å². The molecule has 0 aliphatic rings. The van der Waals surface area contributed by atoms with Crippen LogP contribution in [0.2, 0.25) is 10.0 Å². The molecule has 0 spiro atoms. The van der Waals surface area contributed by atoms with E-state index in [1.54, 1.807) is 19.1 Å². The number of para-hydroxylation sites is 1. The zero-order chi connectivity index (χ0) is 22.8. The molecule has 0 aliphatic heterocycles. The van der Waals surface area contributed by atoms with Gasteiger partial charge in [-0.05, 0) is 49.4 Å². The molecule has 3 aromatic rings. The minimum Gasteiger partial charge on any atom is -0.320 e. The highest BCUT2D eigenvalue weighted by molar-refractivity contribution is 7.92. The Morgan fingerprint density at radius 1 is 0.968 bits per heavy atom. The fourth-order valence-electron chi connectivity index (χ4n) is 2.72. The Morgan fingerprint density at radius 3 is 2.16 bits per heavy atom. The molecule has 0 bridgehead atoms. The summed E-state index contributed by atoms with van der Waals surface area (Å²) in [6, 6.07) is 13.1. The molecule has 0 heterocycles. The van der Waals surface area contributed by atoms with Gasteiger partial charge in [-0.25, -0.2) is 17.2 Å². The van der Waals surface area contributed by atoms with Gasteiger partial charge in [0.15, 0.2) is 0 Å². The van der Waals surface area contributed by atoms with Crippen LogP contribution in [0.4, 0.5) is 20.2 Å². The van der Waals surface area contributed by atoms with E-state index in [0.717, 1.165) is 28.1 Å². The normalized spacial score (nSPS) is 11.3. The van der Waals surface area contributed by atoms with Gasteiger partial charge in [0, 0.05) is 0 Å². The second-order valence-corrected chi connectivity index (χ2v) is 9.24. The molecular formula is C21H16Cl2F2N2O3S. The molecule has 31 heavy (non-hydrogen) atoms. The number of amides is 1. The quantitative estimate of drug-likeness (QED) is 0.508. The number of aryl methyl sites for hydroxylation is 1. The van der Waals surface area contributed by atoms with Crippen molar-refractivity contribution in [1.29, 1.82) is 0 Å². The highest BCUT2D eigenvalue weighted by atomic mass is 35.5. The van der Waals surface area contributed by atoms with Crippen molar-refractivity contribution in [2.75, 3.05) is 16.2 Å². The van der Waals surface area contributed by atoms with Crippen LogP contribution in [0, 0.1) is 18.6 Å². The molecular weight excluding hydrogens is 469 g/mol. The molecule has 5 nitrogen and oxygen atoms in total. The number of rotatable bonds is 6. The third-order valence-electron chi connectivity index (χ3n) is 4.31. The van der Waals surface area contributed by atoms with E-state index in [9.17, 15) is 22.0 Å². The number of nitrogens with zero attached hydrogens (tertiary/aromatic N) is 1. The lowest BCUT2D eigenvalue weighted by Gasteiger charge is -2.24. The summed E-state index contributed by atoms with van der Waals surface area (Å²) < 4.78 is 55.1. The summed E-state index contributed by atoms with van der Waals surface area (Å²) in [7, 11) is -4.22. The van der Waals surface area contributed by atoms with Crippen molar-refractivity contribution in [2.45, 2.75) is 11.8 Å². The summed E-state index contributed by atoms with van der Waals surface area (Å²) in [6.45, 7) is 1.03. The fraction of sp³-hybridized carbons (Fsp3) is 0.0952. The smallest absolute Gasteiger partial charge is 0.264 e. The summed E-state index contributed by atoms with van der Waals surface area (Å²) in [5.74, 6) is -2.93. The molecule has 1 amide bonds. The summed E-state index contributed by atoms with van der Waals surface area (Å²) in [6.07, 6.45) is 0. The maximum Gasteiger partial charge on any atom is 0.264 e. The number of nitrogens with one attached hydrogen (secondary N) is 1. The standard InChI is InChI=1S/C21H16Cl2F2N2O3S/c1-13-5-8-15(9-6-13)31(29,30)27(14-7-10-16(22)17(23)11-14)12-20(28)26-21-18(24)3-2-4-19(21)25/h2-11H,12H2,1H3,(H,26,28). The SMILES string of the molecule is Cc1ccc(S(=O)(=O)N(CC(=O)Nc2c(F)cccc2F)c2ccc(Cl)c(Cl)c2)cc1. The molecule has 0 atom stereocenters. The maximum atomic E-state index is 13.9. The monoisotopic (exact) mass is 484 g/mol. The van der Waals surface area contributed by atoms with Crippen LogP contribution in [0.1, 0.15) is 5.56 Å². The first-order chi connectivity index (χ1) is 14.6.